The summed E-state index contributed by atoms with van der Waals surface area (Å²) in [5.41, 5.74) is 7.93. The van der Waals surface area contributed by atoms with Crippen molar-refractivity contribution in [3.05, 3.63) is 10.4 Å². The number of hydrogen-bond acceptors (Lipinski definition) is 3. The molecule has 0 unspecified atom stereocenters. The van der Waals surface area contributed by atoms with E-state index in [9.17, 15) is 9.59 Å². The van der Waals surface area contributed by atoms with Crippen molar-refractivity contribution in [2.24, 2.45) is 5.11 Å². The lowest BCUT2D eigenvalue weighted by Gasteiger charge is -2.10. The summed E-state index contributed by atoms with van der Waals surface area (Å²) in [6.07, 6.45) is 1.13. The maximum Gasteiger partial charge on any atom is 0.235 e. The zero-order valence-corrected chi connectivity index (χ0v) is 6.43. The number of carbonyl (C=O) groups is 2. The van der Waals surface area contributed by atoms with Crippen LogP contribution in [0.4, 0.5) is 0 Å². The SMILES string of the molecule is [N-]=[N+]=NCC(=O)N1CCCC1=O. The number of rotatable bonds is 2. The van der Waals surface area contributed by atoms with Gasteiger partial charge in [-0.2, -0.15) is 0 Å². The molecule has 0 spiro atoms. The Morgan fingerprint density at radius 2 is 2.50 bits per heavy atom. The smallest absolute Gasteiger partial charge is 0.235 e. The third-order valence-electron chi connectivity index (χ3n) is 1.64. The van der Waals surface area contributed by atoms with Crippen LogP contribution in [0.2, 0.25) is 0 Å². The zero-order chi connectivity index (χ0) is 8.97. The Hall–Kier alpha value is -1.55. The second-order valence-corrected chi connectivity index (χ2v) is 2.43. The highest BCUT2D eigenvalue weighted by Crippen LogP contribution is 2.09. The Balaban J connectivity index is 2.51. The molecular formula is C6H8N4O2. The summed E-state index contributed by atoms with van der Waals surface area (Å²) < 4.78 is 0. The first-order valence-electron chi connectivity index (χ1n) is 3.60. The number of nitrogens with zero attached hydrogens (tertiary/aromatic N) is 4. The Kier molecular flexibility index (Phi) is 2.66. The third kappa shape index (κ3) is 1.73. The highest BCUT2D eigenvalue weighted by Gasteiger charge is 2.25. The number of carbonyl (C=O) groups excluding carboxylic acids is 2. The fourth-order valence-corrected chi connectivity index (χ4v) is 1.09. The summed E-state index contributed by atoms with van der Waals surface area (Å²) in [7, 11) is 0. The van der Waals surface area contributed by atoms with Crippen LogP contribution < -0.4 is 0 Å². The van der Waals surface area contributed by atoms with Gasteiger partial charge in [-0.15, -0.1) is 0 Å². The fraction of sp³-hybridized carbons (Fsp3) is 0.667. The average Bonchev–Trinajstić information content (AvgIpc) is 2.47. The van der Waals surface area contributed by atoms with Gasteiger partial charge in [0.05, 0.1) is 0 Å². The molecule has 0 bridgehead atoms. The Morgan fingerprint density at radius 1 is 1.75 bits per heavy atom. The summed E-state index contributed by atoms with van der Waals surface area (Å²) in [6, 6.07) is 0. The van der Waals surface area contributed by atoms with Crippen LogP contribution in [0.5, 0.6) is 0 Å². The van der Waals surface area contributed by atoms with Crippen LogP contribution in [-0.4, -0.2) is 29.8 Å². The van der Waals surface area contributed by atoms with Gasteiger partial charge in [-0.05, 0) is 12.0 Å². The van der Waals surface area contributed by atoms with E-state index in [0.717, 1.165) is 4.90 Å². The Morgan fingerprint density at radius 3 is 3.00 bits per heavy atom. The minimum atomic E-state index is -0.407. The van der Waals surface area contributed by atoms with Crippen molar-refractivity contribution >= 4 is 11.8 Å². The zero-order valence-electron chi connectivity index (χ0n) is 6.43. The molecule has 0 N–H and O–H groups in total. The van der Waals surface area contributed by atoms with Gasteiger partial charge in [0.2, 0.25) is 11.8 Å². The van der Waals surface area contributed by atoms with Gasteiger partial charge in [-0.3, -0.25) is 14.5 Å². The number of likely N-dealkylation sites (tertiary alicyclic amines) is 1. The molecule has 0 atom stereocenters. The highest BCUT2D eigenvalue weighted by molar-refractivity contribution is 5.97. The molecule has 12 heavy (non-hydrogen) atoms. The lowest BCUT2D eigenvalue weighted by molar-refractivity contribution is -0.140. The Bertz CT molecular complexity index is 256. The minimum Gasteiger partial charge on any atom is -0.283 e. The maximum atomic E-state index is 11.1. The molecule has 0 aromatic heterocycles. The number of imide groups is 1. The number of amides is 2. The van der Waals surface area contributed by atoms with Gasteiger partial charge in [0.1, 0.15) is 6.54 Å². The van der Waals surface area contributed by atoms with Crippen LogP contribution in [0.3, 0.4) is 0 Å². The van der Waals surface area contributed by atoms with Gasteiger partial charge in [-0.25, -0.2) is 0 Å². The molecule has 1 rings (SSSR count). The van der Waals surface area contributed by atoms with E-state index in [-0.39, 0.29) is 12.5 Å². The Labute approximate surface area is 68.8 Å². The molecule has 1 saturated heterocycles. The minimum absolute atomic E-state index is 0.173. The van der Waals surface area contributed by atoms with Crippen LogP contribution in [0, 0.1) is 0 Å². The fourth-order valence-electron chi connectivity index (χ4n) is 1.09. The molecule has 0 aromatic carbocycles. The topological polar surface area (TPSA) is 86.1 Å². The molecular weight excluding hydrogens is 160 g/mol. The first-order valence-corrected chi connectivity index (χ1v) is 3.60. The molecule has 1 aliphatic rings. The lowest BCUT2D eigenvalue weighted by atomic mass is 10.4. The highest BCUT2D eigenvalue weighted by atomic mass is 16.2. The van der Waals surface area contributed by atoms with Crippen molar-refractivity contribution in [1.29, 1.82) is 0 Å². The van der Waals surface area contributed by atoms with E-state index in [1.807, 2.05) is 0 Å². The summed E-state index contributed by atoms with van der Waals surface area (Å²) >= 11 is 0. The average molecular weight is 168 g/mol. The van der Waals surface area contributed by atoms with Crippen molar-refractivity contribution in [3.8, 4) is 0 Å². The molecule has 0 aromatic rings. The lowest BCUT2D eigenvalue weighted by Crippen LogP contribution is -2.33. The first kappa shape index (κ1) is 8.55. The van der Waals surface area contributed by atoms with Gasteiger partial charge in [0.15, 0.2) is 0 Å². The van der Waals surface area contributed by atoms with E-state index >= 15 is 0 Å². The van der Waals surface area contributed by atoms with Crippen LogP contribution >= 0.6 is 0 Å². The van der Waals surface area contributed by atoms with Crippen LogP contribution in [0.25, 0.3) is 10.4 Å². The van der Waals surface area contributed by atoms with E-state index < -0.39 is 5.91 Å². The number of hydrogen-bond donors (Lipinski definition) is 0. The molecule has 0 radical (unpaired) electrons. The van der Waals surface area contributed by atoms with Gasteiger partial charge in [-0.1, -0.05) is 5.11 Å². The van der Waals surface area contributed by atoms with Crippen molar-refractivity contribution in [3.63, 3.8) is 0 Å². The van der Waals surface area contributed by atoms with E-state index in [2.05, 4.69) is 10.0 Å². The van der Waals surface area contributed by atoms with E-state index in [1.54, 1.807) is 0 Å². The van der Waals surface area contributed by atoms with Crippen molar-refractivity contribution in [2.75, 3.05) is 13.1 Å². The molecule has 64 valence electrons. The van der Waals surface area contributed by atoms with E-state index in [4.69, 9.17) is 5.53 Å². The predicted octanol–water partition coefficient (Wildman–Crippen LogP) is 0.446. The summed E-state index contributed by atoms with van der Waals surface area (Å²) in [6.45, 7) is 0.195. The standard InChI is InChI=1S/C6H8N4O2/c7-9-8-4-6(12)10-3-1-2-5(10)11/h1-4H2. The quantitative estimate of drug-likeness (QED) is 0.340. The van der Waals surface area contributed by atoms with Crippen LogP contribution in [0.1, 0.15) is 12.8 Å². The second-order valence-electron chi connectivity index (χ2n) is 2.43. The summed E-state index contributed by atoms with van der Waals surface area (Å²) in [4.78, 5) is 25.6. The predicted molar refractivity (Wildman–Crippen MR) is 40.0 cm³/mol. The van der Waals surface area contributed by atoms with E-state index in [1.165, 1.54) is 0 Å². The molecule has 0 saturated carbocycles. The molecule has 6 heteroatoms. The van der Waals surface area contributed by atoms with Crippen molar-refractivity contribution in [1.82, 2.24) is 4.90 Å². The normalized spacial score (nSPS) is 16.0. The molecule has 6 nitrogen and oxygen atoms in total. The van der Waals surface area contributed by atoms with Crippen molar-refractivity contribution < 1.29 is 9.59 Å². The molecule has 1 fully saturated rings. The second kappa shape index (κ2) is 3.73. The summed E-state index contributed by atoms with van der Waals surface area (Å²) in [5, 5.41) is 3.09. The van der Waals surface area contributed by atoms with Gasteiger partial charge >= 0.3 is 0 Å². The molecule has 2 amide bonds. The van der Waals surface area contributed by atoms with Gasteiger partial charge in [0, 0.05) is 17.9 Å². The van der Waals surface area contributed by atoms with Gasteiger partial charge in [0.25, 0.3) is 0 Å². The van der Waals surface area contributed by atoms with Crippen molar-refractivity contribution in [2.45, 2.75) is 12.8 Å². The molecule has 1 heterocycles. The monoisotopic (exact) mass is 168 g/mol. The maximum absolute atomic E-state index is 11.1. The van der Waals surface area contributed by atoms with Gasteiger partial charge < -0.3 is 0 Å². The number of azide groups is 1. The summed E-state index contributed by atoms with van der Waals surface area (Å²) in [5.74, 6) is -0.580. The third-order valence-corrected chi connectivity index (χ3v) is 1.64. The van der Waals surface area contributed by atoms with Crippen LogP contribution in [0.15, 0.2) is 5.11 Å². The molecule has 0 aliphatic carbocycles. The molecule has 1 aliphatic heterocycles. The largest absolute Gasteiger partial charge is 0.283 e. The first-order chi connectivity index (χ1) is 5.75. The van der Waals surface area contributed by atoms with Crippen LogP contribution in [-0.2, 0) is 9.59 Å². The van der Waals surface area contributed by atoms with E-state index in [0.29, 0.717) is 19.4 Å².